The van der Waals surface area contributed by atoms with E-state index in [1.165, 1.54) is 0 Å². The van der Waals surface area contributed by atoms with E-state index < -0.39 is 0 Å². The predicted molar refractivity (Wildman–Crippen MR) is 90.2 cm³/mol. The Hall–Kier alpha value is -2.86. The molecule has 23 heavy (non-hydrogen) atoms. The fourth-order valence-electron chi connectivity index (χ4n) is 2.01. The first-order valence-electron chi connectivity index (χ1n) is 6.93. The van der Waals surface area contributed by atoms with Crippen LogP contribution in [0.5, 0.6) is 0 Å². The third-order valence-corrected chi connectivity index (χ3v) is 3.39. The summed E-state index contributed by atoms with van der Waals surface area (Å²) in [6.07, 6.45) is 0. The van der Waals surface area contributed by atoms with Crippen LogP contribution in [0.3, 0.4) is 0 Å². The Morgan fingerprint density at radius 3 is 2.61 bits per heavy atom. The third-order valence-electron chi connectivity index (χ3n) is 3.16. The molecule has 0 saturated carbocycles. The zero-order valence-electron chi connectivity index (χ0n) is 12.3. The summed E-state index contributed by atoms with van der Waals surface area (Å²) in [4.78, 5) is 12.3. The van der Waals surface area contributed by atoms with Crippen LogP contribution in [-0.4, -0.2) is 21.3 Å². The number of hydrogen-bond acceptors (Lipinski definition) is 4. The highest BCUT2D eigenvalue weighted by atomic mass is 35.5. The summed E-state index contributed by atoms with van der Waals surface area (Å²) in [6.45, 7) is 1.98. The van der Waals surface area contributed by atoms with Crippen LogP contribution in [-0.2, 0) is 0 Å². The maximum atomic E-state index is 12.3. The van der Waals surface area contributed by atoms with E-state index in [0.29, 0.717) is 16.5 Å². The first-order valence-corrected chi connectivity index (χ1v) is 7.31. The van der Waals surface area contributed by atoms with Crippen molar-refractivity contribution in [1.29, 1.82) is 0 Å². The monoisotopic (exact) mass is 327 g/mol. The molecule has 0 atom stereocenters. The van der Waals surface area contributed by atoms with Crippen molar-refractivity contribution in [3.05, 3.63) is 64.8 Å². The van der Waals surface area contributed by atoms with Gasteiger partial charge in [0.25, 0.3) is 5.91 Å². The van der Waals surface area contributed by atoms with Crippen molar-refractivity contribution in [2.45, 2.75) is 6.92 Å². The van der Waals surface area contributed by atoms with Crippen molar-refractivity contribution in [1.82, 2.24) is 15.4 Å². The van der Waals surface area contributed by atoms with Crippen LogP contribution in [0.4, 0.5) is 17.2 Å². The molecule has 1 aromatic heterocycles. The molecule has 3 N–H and O–H groups in total. The van der Waals surface area contributed by atoms with Gasteiger partial charge in [-0.25, -0.2) is 0 Å². The number of nitrogens with zero attached hydrogens (tertiary/aromatic N) is 2. The second-order valence-corrected chi connectivity index (χ2v) is 5.41. The summed E-state index contributed by atoms with van der Waals surface area (Å²) in [5.41, 5.74) is 2.70. The normalized spacial score (nSPS) is 10.3. The number of aryl methyl sites for hydroxylation is 1. The third kappa shape index (κ3) is 3.67. The predicted octanol–water partition coefficient (Wildman–Crippen LogP) is 3.76. The fourth-order valence-corrected chi connectivity index (χ4v) is 2.20. The van der Waals surface area contributed by atoms with Gasteiger partial charge >= 0.3 is 0 Å². The van der Waals surface area contributed by atoms with Crippen LogP contribution in [0, 0.1) is 6.92 Å². The average Bonchev–Trinajstić information content (AvgIpc) is 2.98. The van der Waals surface area contributed by atoms with Gasteiger partial charge in [-0.2, -0.15) is 5.21 Å². The molecule has 2 aromatic carbocycles. The molecule has 0 radical (unpaired) electrons. The zero-order chi connectivity index (χ0) is 16.2. The van der Waals surface area contributed by atoms with Gasteiger partial charge in [-0.15, -0.1) is 10.2 Å². The molecule has 0 aliphatic rings. The van der Waals surface area contributed by atoms with Gasteiger partial charge in [0.05, 0.1) is 0 Å². The van der Waals surface area contributed by atoms with Gasteiger partial charge in [0, 0.05) is 16.4 Å². The summed E-state index contributed by atoms with van der Waals surface area (Å²) in [5.74, 6) is -0.0241. The molecule has 116 valence electrons. The molecule has 3 rings (SSSR count). The van der Waals surface area contributed by atoms with Crippen LogP contribution in [0.2, 0.25) is 5.02 Å². The number of benzene rings is 2. The largest absolute Gasteiger partial charge is 0.337 e. The Kier molecular flexibility index (Phi) is 4.25. The van der Waals surface area contributed by atoms with Crippen molar-refractivity contribution in [2.24, 2.45) is 0 Å². The highest BCUT2D eigenvalue weighted by Gasteiger charge is 2.17. The molecule has 0 aliphatic heterocycles. The van der Waals surface area contributed by atoms with Crippen molar-refractivity contribution in [3.8, 4) is 0 Å². The van der Waals surface area contributed by atoms with Crippen LogP contribution in [0.25, 0.3) is 0 Å². The summed E-state index contributed by atoms with van der Waals surface area (Å²) in [7, 11) is 0. The van der Waals surface area contributed by atoms with Crippen molar-refractivity contribution < 1.29 is 4.79 Å². The SMILES string of the molecule is Cc1ccc(NC(=O)c2n[nH]nc2Nc2cccc(Cl)c2)cc1. The molecule has 6 nitrogen and oxygen atoms in total. The lowest BCUT2D eigenvalue weighted by Crippen LogP contribution is -2.14. The standard InChI is InChI=1S/C16H14ClN5O/c1-10-5-7-12(8-6-10)19-16(23)14-15(21-22-20-14)18-13-4-2-3-11(17)9-13/h2-9H,1H3,(H,19,23)(H2,18,20,21,22). The van der Waals surface area contributed by atoms with Gasteiger partial charge < -0.3 is 10.6 Å². The molecule has 7 heteroatoms. The number of amides is 1. The minimum Gasteiger partial charge on any atom is -0.337 e. The van der Waals surface area contributed by atoms with Gasteiger partial charge in [-0.05, 0) is 37.3 Å². The molecule has 1 amide bonds. The Balaban J connectivity index is 1.77. The smallest absolute Gasteiger partial charge is 0.280 e. The van der Waals surface area contributed by atoms with E-state index in [0.717, 1.165) is 11.3 Å². The van der Waals surface area contributed by atoms with Crippen molar-refractivity contribution in [2.75, 3.05) is 10.6 Å². The van der Waals surface area contributed by atoms with Gasteiger partial charge in [0.2, 0.25) is 0 Å². The summed E-state index contributed by atoms with van der Waals surface area (Å²) >= 11 is 5.94. The Morgan fingerprint density at radius 1 is 1.09 bits per heavy atom. The minimum absolute atomic E-state index is 0.172. The van der Waals surface area contributed by atoms with Crippen LogP contribution >= 0.6 is 11.6 Å². The number of aromatic nitrogens is 3. The van der Waals surface area contributed by atoms with Gasteiger partial charge in [0.1, 0.15) is 0 Å². The molecule has 0 unspecified atom stereocenters. The van der Waals surface area contributed by atoms with Crippen LogP contribution < -0.4 is 10.6 Å². The van der Waals surface area contributed by atoms with Crippen molar-refractivity contribution in [3.63, 3.8) is 0 Å². The molecule has 0 aliphatic carbocycles. The highest BCUT2D eigenvalue weighted by Crippen LogP contribution is 2.21. The van der Waals surface area contributed by atoms with Crippen LogP contribution in [0.15, 0.2) is 48.5 Å². The molecular weight excluding hydrogens is 314 g/mol. The zero-order valence-corrected chi connectivity index (χ0v) is 13.1. The number of hydrogen-bond donors (Lipinski definition) is 3. The number of carbonyl (C=O) groups excluding carboxylic acids is 1. The number of halogens is 1. The minimum atomic E-state index is -0.355. The van der Waals surface area contributed by atoms with Gasteiger partial charge in [-0.3, -0.25) is 4.79 Å². The lowest BCUT2D eigenvalue weighted by molar-refractivity contribution is 0.102. The number of carbonyl (C=O) groups is 1. The summed E-state index contributed by atoms with van der Waals surface area (Å²) < 4.78 is 0. The first kappa shape index (κ1) is 15.1. The van der Waals surface area contributed by atoms with E-state index in [4.69, 9.17) is 11.6 Å². The molecule has 0 fully saturated rings. The van der Waals surface area contributed by atoms with Gasteiger partial charge in [0.15, 0.2) is 11.5 Å². The highest BCUT2D eigenvalue weighted by molar-refractivity contribution is 6.30. The van der Waals surface area contributed by atoms with E-state index in [2.05, 4.69) is 26.0 Å². The summed E-state index contributed by atoms with van der Waals surface area (Å²) in [6, 6.07) is 14.6. The maximum absolute atomic E-state index is 12.3. The summed E-state index contributed by atoms with van der Waals surface area (Å²) in [5, 5.41) is 16.7. The lowest BCUT2D eigenvalue weighted by Gasteiger charge is -2.06. The lowest BCUT2D eigenvalue weighted by atomic mass is 10.2. The van der Waals surface area contributed by atoms with Crippen molar-refractivity contribution >= 4 is 34.7 Å². The average molecular weight is 328 g/mol. The number of nitrogens with one attached hydrogen (secondary N) is 3. The Bertz CT molecular complexity index is 828. The molecule has 1 heterocycles. The molecule has 3 aromatic rings. The Morgan fingerprint density at radius 2 is 1.87 bits per heavy atom. The number of anilines is 3. The molecular formula is C16H14ClN5O. The second-order valence-electron chi connectivity index (χ2n) is 4.98. The molecule has 0 saturated heterocycles. The van der Waals surface area contributed by atoms with E-state index in [1.807, 2.05) is 37.3 Å². The topological polar surface area (TPSA) is 82.7 Å². The van der Waals surface area contributed by atoms with E-state index in [9.17, 15) is 4.79 Å². The van der Waals surface area contributed by atoms with E-state index in [1.54, 1.807) is 18.2 Å². The van der Waals surface area contributed by atoms with E-state index in [-0.39, 0.29) is 11.6 Å². The Labute approximate surface area is 137 Å². The molecule has 0 bridgehead atoms. The number of aromatic amines is 1. The quantitative estimate of drug-likeness (QED) is 0.681. The fraction of sp³-hybridized carbons (Fsp3) is 0.0625. The first-order chi connectivity index (χ1) is 11.1. The van der Waals surface area contributed by atoms with E-state index >= 15 is 0 Å². The van der Waals surface area contributed by atoms with Crippen LogP contribution in [0.1, 0.15) is 16.1 Å². The number of rotatable bonds is 4. The number of H-pyrrole nitrogens is 1. The second kappa shape index (κ2) is 6.50. The van der Waals surface area contributed by atoms with Gasteiger partial charge in [-0.1, -0.05) is 35.4 Å². The maximum Gasteiger partial charge on any atom is 0.280 e. The molecule has 0 spiro atoms.